The first-order chi connectivity index (χ1) is 9.24. The highest BCUT2D eigenvalue weighted by molar-refractivity contribution is 7.15. The van der Waals surface area contributed by atoms with E-state index in [1.807, 2.05) is 7.05 Å². The molecule has 0 saturated heterocycles. The second-order valence-corrected chi connectivity index (χ2v) is 5.60. The minimum Gasteiger partial charge on any atom is -0.344 e. The Balaban J connectivity index is 2.15. The second kappa shape index (κ2) is 6.68. The SMILES string of the molecule is CCN(Cc1ccccc1)c1nc(C)c(CNC)s1. The van der Waals surface area contributed by atoms with Crippen molar-refractivity contribution in [2.24, 2.45) is 0 Å². The smallest absolute Gasteiger partial charge is 0.186 e. The van der Waals surface area contributed by atoms with E-state index in [1.54, 1.807) is 11.3 Å². The normalized spacial score (nSPS) is 10.7. The van der Waals surface area contributed by atoms with Crippen molar-refractivity contribution < 1.29 is 0 Å². The molecule has 1 N–H and O–H groups in total. The van der Waals surface area contributed by atoms with E-state index in [2.05, 4.69) is 54.4 Å². The maximum Gasteiger partial charge on any atom is 0.186 e. The zero-order valence-electron chi connectivity index (χ0n) is 11.8. The van der Waals surface area contributed by atoms with E-state index < -0.39 is 0 Å². The number of nitrogens with one attached hydrogen (secondary N) is 1. The number of thiazole rings is 1. The Kier molecular flexibility index (Phi) is 4.93. The first-order valence-corrected chi connectivity index (χ1v) is 7.46. The Morgan fingerprint density at radius 2 is 2.00 bits per heavy atom. The minimum absolute atomic E-state index is 0.895. The summed E-state index contributed by atoms with van der Waals surface area (Å²) in [5.41, 5.74) is 2.47. The molecule has 102 valence electrons. The molecule has 0 bridgehead atoms. The highest BCUT2D eigenvalue weighted by atomic mass is 32.1. The van der Waals surface area contributed by atoms with Crippen LogP contribution in [0.1, 0.15) is 23.1 Å². The monoisotopic (exact) mass is 275 g/mol. The van der Waals surface area contributed by atoms with Gasteiger partial charge in [0.05, 0.1) is 5.69 Å². The molecule has 0 amide bonds. The Morgan fingerprint density at radius 1 is 1.26 bits per heavy atom. The molecule has 0 aliphatic rings. The van der Waals surface area contributed by atoms with Crippen molar-refractivity contribution in [2.45, 2.75) is 26.9 Å². The van der Waals surface area contributed by atoms with Gasteiger partial charge >= 0.3 is 0 Å². The number of aryl methyl sites for hydroxylation is 1. The zero-order valence-corrected chi connectivity index (χ0v) is 12.6. The van der Waals surface area contributed by atoms with Crippen molar-refractivity contribution >= 4 is 16.5 Å². The molecule has 0 aliphatic heterocycles. The van der Waals surface area contributed by atoms with Gasteiger partial charge in [-0.3, -0.25) is 0 Å². The number of rotatable bonds is 6. The quantitative estimate of drug-likeness (QED) is 0.877. The van der Waals surface area contributed by atoms with Gasteiger partial charge in [0.15, 0.2) is 5.13 Å². The van der Waals surface area contributed by atoms with Crippen LogP contribution < -0.4 is 10.2 Å². The van der Waals surface area contributed by atoms with Crippen molar-refractivity contribution in [3.63, 3.8) is 0 Å². The third-order valence-corrected chi connectivity index (χ3v) is 4.31. The third-order valence-electron chi connectivity index (χ3n) is 3.09. The largest absolute Gasteiger partial charge is 0.344 e. The number of benzene rings is 1. The summed E-state index contributed by atoms with van der Waals surface area (Å²) in [7, 11) is 1.97. The summed E-state index contributed by atoms with van der Waals surface area (Å²) in [6.07, 6.45) is 0. The molecule has 0 spiro atoms. The second-order valence-electron chi connectivity index (χ2n) is 4.54. The van der Waals surface area contributed by atoms with Gasteiger partial charge < -0.3 is 10.2 Å². The fourth-order valence-electron chi connectivity index (χ4n) is 1.99. The fraction of sp³-hybridized carbons (Fsp3) is 0.400. The molecule has 0 atom stereocenters. The van der Waals surface area contributed by atoms with Crippen LogP contribution in [-0.2, 0) is 13.1 Å². The van der Waals surface area contributed by atoms with Crippen LogP contribution in [0.2, 0.25) is 0 Å². The maximum absolute atomic E-state index is 4.70. The van der Waals surface area contributed by atoms with Gasteiger partial charge in [-0.1, -0.05) is 30.3 Å². The molecule has 1 aromatic heterocycles. The molecule has 4 heteroatoms. The molecule has 0 fully saturated rings. The lowest BCUT2D eigenvalue weighted by Gasteiger charge is -2.19. The van der Waals surface area contributed by atoms with Crippen LogP contribution >= 0.6 is 11.3 Å². The van der Waals surface area contributed by atoms with Gasteiger partial charge in [-0.2, -0.15) is 0 Å². The number of hydrogen-bond acceptors (Lipinski definition) is 4. The van der Waals surface area contributed by atoms with E-state index in [9.17, 15) is 0 Å². The van der Waals surface area contributed by atoms with Gasteiger partial charge in [0.1, 0.15) is 0 Å². The molecule has 2 rings (SSSR count). The lowest BCUT2D eigenvalue weighted by Crippen LogP contribution is -2.21. The van der Waals surface area contributed by atoms with Gasteiger partial charge in [-0.15, -0.1) is 11.3 Å². The van der Waals surface area contributed by atoms with Gasteiger partial charge in [0.2, 0.25) is 0 Å². The molecular weight excluding hydrogens is 254 g/mol. The van der Waals surface area contributed by atoms with Gasteiger partial charge in [-0.25, -0.2) is 4.98 Å². The van der Waals surface area contributed by atoms with E-state index in [4.69, 9.17) is 4.98 Å². The molecular formula is C15H21N3S. The van der Waals surface area contributed by atoms with Crippen LogP contribution in [-0.4, -0.2) is 18.6 Å². The number of nitrogens with zero attached hydrogens (tertiary/aromatic N) is 2. The third kappa shape index (κ3) is 3.55. The summed E-state index contributed by atoms with van der Waals surface area (Å²) in [5, 5.41) is 4.32. The van der Waals surface area contributed by atoms with Crippen LogP contribution in [0.3, 0.4) is 0 Å². The first kappa shape index (κ1) is 14.0. The van der Waals surface area contributed by atoms with Crippen LogP contribution in [0.4, 0.5) is 5.13 Å². The fourth-order valence-corrected chi connectivity index (χ4v) is 3.13. The number of aromatic nitrogens is 1. The molecule has 0 aliphatic carbocycles. The maximum atomic E-state index is 4.70. The highest BCUT2D eigenvalue weighted by Gasteiger charge is 2.12. The Labute approximate surface area is 119 Å². The van der Waals surface area contributed by atoms with E-state index in [-0.39, 0.29) is 0 Å². The summed E-state index contributed by atoms with van der Waals surface area (Å²) < 4.78 is 0. The molecule has 1 heterocycles. The average Bonchev–Trinajstić information content (AvgIpc) is 2.79. The molecule has 0 radical (unpaired) electrons. The predicted molar refractivity (Wildman–Crippen MR) is 82.8 cm³/mol. The minimum atomic E-state index is 0.895. The lowest BCUT2D eigenvalue weighted by atomic mass is 10.2. The number of hydrogen-bond donors (Lipinski definition) is 1. The van der Waals surface area contributed by atoms with Crippen molar-refractivity contribution in [3.05, 3.63) is 46.5 Å². The molecule has 19 heavy (non-hydrogen) atoms. The van der Waals surface area contributed by atoms with Crippen LogP contribution in [0.25, 0.3) is 0 Å². The summed E-state index contributed by atoms with van der Waals surface area (Å²) >= 11 is 1.79. The zero-order chi connectivity index (χ0) is 13.7. The van der Waals surface area contributed by atoms with Crippen LogP contribution in [0, 0.1) is 6.92 Å². The summed E-state index contributed by atoms with van der Waals surface area (Å²) in [6, 6.07) is 10.6. The van der Waals surface area contributed by atoms with Crippen molar-refractivity contribution in [1.82, 2.24) is 10.3 Å². The Bertz CT molecular complexity index is 507. The van der Waals surface area contributed by atoms with Crippen molar-refractivity contribution in [2.75, 3.05) is 18.5 Å². The summed E-state index contributed by atoms with van der Waals surface area (Å²) in [4.78, 5) is 8.35. The van der Waals surface area contributed by atoms with Gasteiger partial charge in [0.25, 0.3) is 0 Å². The van der Waals surface area contributed by atoms with E-state index in [1.165, 1.54) is 10.4 Å². The van der Waals surface area contributed by atoms with Crippen molar-refractivity contribution in [1.29, 1.82) is 0 Å². The molecule has 3 nitrogen and oxygen atoms in total. The van der Waals surface area contributed by atoms with Crippen molar-refractivity contribution in [3.8, 4) is 0 Å². The topological polar surface area (TPSA) is 28.2 Å². The standard InChI is InChI=1S/C15H21N3S/c1-4-18(11-13-8-6-5-7-9-13)15-17-12(2)14(19-15)10-16-3/h5-9,16H,4,10-11H2,1-3H3. The van der Waals surface area contributed by atoms with Crippen LogP contribution in [0.5, 0.6) is 0 Å². The summed E-state index contributed by atoms with van der Waals surface area (Å²) in [5.74, 6) is 0. The van der Waals surface area contributed by atoms with E-state index in [0.717, 1.165) is 30.5 Å². The van der Waals surface area contributed by atoms with E-state index in [0.29, 0.717) is 0 Å². The average molecular weight is 275 g/mol. The number of anilines is 1. The first-order valence-electron chi connectivity index (χ1n) is 6.64. The molecule has 0 saturated carbocycles. The van der Waals surface area contributed by atoms with Gasteiger partial charge in [0, 0.05) is 24.5 Å². The van der Waals surface area contributed by atoms with Gasteiger partial charge in [-0.05, 0) is 26.5 Å². The Morgan fingerprint density at radius 3 is 2.63 bits per heavy atom. The lowest BCUT2D eigenvalue weighted by molar-refractivity contribution is 0.816. The van der Waals surface area contributed by atoms with Crippen LogP contribution in [0.15, 0.2) is 30.3 Å². The molecule has 1 aromatic carbocycles. The highest BCUT2D eigenvalue weighted by Crippen LogP contribution is 2.27. The molecule has 0 unspecified atom stereocenters. The molecule has 2 aromatic rings. The summed E-state index contributed by atoms with van der Waals surface area (Å²) in [6.45, 7) is 7.05. The Hall–Kier alpha value is -1.39. The predicted octanol–water partition coefficient (Wildman–Crippen LogP) is 3.20. The van der Waals surface area contributed by atoms with E-state index >= 15 is 0 Å².